The van der Waals surface area contributed by atoms with Gasteiger partial charge in [-0.3, -0.25) is 45.7 Å². The van der Waals surface area contributed by atoms with Crippen molar-refractivity contribution in [2.45, 2.75) is 61.0 Å². The SMILES string of the molecule is NC(CCP(=O)(O)O)P(=O)(O)O.NC(CCP(=O)(O)O)P(=O)(O)O.NC(CCP(=O)(O)O)P(=O)(O)O.NC(CCP(=O)(O)O)P(=O)(O)O.NC(CCP(=O)(O)O)P(=O)(O)O.[NaH].[NaH].[NaH].[NaH].[NaH]. The van der Waals surface area contributed by atoms with E-state index >= 15 is 0 Å². The molecule has 5 atom stereocenters. The fourth-order valence-corrected chi connectivity index (χ4v) is 8.76. The molecular weight excluding hydrogens is 1150 g/mol. The first-order valence-corrected chi connectivity index (χ1v) is 32.3. The van der Waals surface area contributed by atoms with Gasteiger partial charge in [-0.25, -0.2) is 0 Å². The van der Waals surface area contributed by atoms with Crippen molar-refractivity contribution in [1.82, 2.24) is 0 Å². The predicted octanol–water partition coefficient (Wildman–Crippen LogP) is -8.16. The predicted molar refractivity (Wildman–Crippen MR) is 243 cm³/mol. The Morgan fingerprint density at radius 3 is 0.354 bits per heavy atom. The molecule has 0 heterocycles. The summed E-state index contributed by atoms with van der Waals surface area (Å²) in [5, 5.41) is 0. The number of hydrogen-bond acceptors (Lipinski definition) is 15. The molecule has 380 valence electrons. The van der Waals surface area contributed by atoms with Crippen molar-refractivity contribution >= 4 is 224 Å². The van der Waals surface area contributed by atoms with E-state index in [1.807, 2.05) is 0 Å². The fraction of sp³-hybridized carbons (Fsp3) is 1.00. The zero-order valence-corrected chi connectivity index (χ0v) is 39.3. The van der Waals surface area contributed by atoms with E-state index in [0.29, 0.717) is 0 Å². The zero-order valence-electron chi connectivity index (χ0n) is 30.3. The molecule has 0 rings (SSSR count). The van der Waals surface area contributed by atoms with Crippen molar-refractivity contribution < 1.29 is 144 Å². The molecule has 0 bridgehead atoms. The average molecular weight is 1220 g/mol. The van der Waals surface area contributed by atoms with Crippen LogP contribution in [0, 0.1) is 0 Å². The minimum absolute atomic E-state index is 0. The summed E-state index contributed by atoms with van der Waals surface area (Å²) in [6.07, 6.45) is -5.03. The number of hydrogen-bond donors (Lipinski definition) is 25. The van der Waals surface area contributed by atoms with Gasteiger partial charge in [-0.15, -0.1) is 0 Å². The van der Waals surface area contributed by atoms with Crippen molar-refractivity contribution in [3.05, 3.63) is 0 Å². The molecular formula is C15H60N5Na5O30P10. The Morgan fingerprint density at radius 1 is 0.231 bits per heavy atom. The van der Waals surface area contributed by atoms with Gasteiger partial charge in [-0.05, 0) is 32.1 Å². The second-order valence-electron chi connectivity index (χ2n) is 11.7. The molecule has 0 radical (unpaired) electrons. The molecule has 0 spiro atoms. The third kappa shape index (κ3) is 74.6. The summed E-state index contributed by atoms with van der Waals surface area (Å²) in [6.45, 7) is 0. The molecule has 5 unspecified atom stereocenters. The molecule has 30 N–H and O–H groups in total. The first kappa shape index (κ1) is 93.8. The molecule has 0 aliphatic heterocycles. The molecule has 0 aromatic rings. The maximum absolute atomic E-state index is 10.4. The third-order valence-electron chi connectivity index (χ3n) is 5.74. The first-order chi connectivity index (χ1) is 25.6. The summed E-state index contributed by atoms with van der Waals surface area (Å²) >= 11 is 0. The molecule has 35 nitrogen and oxygen atoms in total. The summed E-state index contributed by atoms with van der Waals surface area (Å²) in [6, 6.07) is 0. The van der Waals surface area contributed by atoms with Crippen molar-refractivity contribution in [2.75, 3.05) is 30.8 Å². The summed E-state index contributed by atoms with van der Waals surface area (Å²) in [7, 11) is -43.1. The van der Waals surface area contributed by atoms with Gasteiger partial charge in [0.2, 0.25) is 0 Å². The Bertz CT molecular complexity index is 1460. The molecule has 0 fully saturated rings. The molecule has 0 aliphatic rings. The van der Waals surface area contributed by atoms with Crippen LogP contribution in [0.25, 0.3) is 0 Å². The summed E-state index contributed by atoms with van der Waals surface area (Å²) < 4.78 is 103. The van der Waals surface area contributed by atoms with E-state index in [4.69, 9.17) is 127 Å². The maximum atomic E-state index is 10.4. The van der Waals surface area contributed by atoms with Gasteiger partial charge in [0.25, 0.3) is 0 Å². The van der Waals surface area contributed by atoms with Crippen LogP contribution in [0.3, 0.4) is 0 Å². The van der Waals surface area contributed by atoms with E-state index in [9.17, 15) is 45.7 Å². The molecule has 0 aromatic heterocycles. The van der Waals surface area contributed by atoms with Gasteiger partial charge < -0.3 is 127 Å². The molecule has 0 aliphatic carbocycles. The van der Waals surface area contributed by atoms with Crippen molar-refractivity contribution in [3.8, 4) is 0 Å². The standard InChI is InChI=1S/5C3H11NO6P2.5Na.5H/c5*4-3(12(8,9)10)1-2-11(5,6)7;;;;;;;;;;/h5*3H,1-2,4H2,(H2,5,6,7)(H2,8,9,10);;;;;;;;;;. The number of rotatable bonds is 20. The summed E-state index contributed by atoms with van der Waals surface area (Å²) in [5.74, 6) is -7.48. The van der Waals surface area contributed by atoms with Gasteiger partial charge in [-0.1, -0.05) is 0 Å². The van der Waals surface area contributed by atoms with Gasteiger partial charge >= 0.3 is 224 Å². The Morgan fingerprint density at radius 2 is 0.308 bits per heavy atom. The van der Waals surface area contributed by atoms with Crippen LogP contribution < -0.4 is 28.7 Å². The van der Waals surface area contributed by atoms with Crippen LogP contribution in [-0.4, -0.2) is 305 Å². The zero-order chi connectivity index (χ0) is 50.0. The van der Waals surface area contributed by atoms with Crippen LogP contribution in [-0.2, 0) is 45.7 Å². The second kappa shape index (κ2) is 40.5. The van der Waals surface area contributed by atoms with Crippen molar-refractivity contribution in [1.29, 1.82) is 0 Å². The Hall–Kier alpha value is 6.30. The quantitative estimate of drug-likeness (QED) is 0.0398. The summed E-state index contributed by atoms with van der Waals surface area (Å²) in [5.41, 5.74) is 24.8. The Kier molecular flexibility index (Phi) is 58.4. The number of nitrogens with two attached hydrogens (primary N) is 5. The summed E-state index contributed by atoms with van der Waals surface area (Å²) in [4.78, 5) is 168. The first-order valence-electron chi connectivity index (χ1n) is 14.9. The van der Waals surface area contributed by atoms with Crippen LogP contribution in [0.2, 0.25) is 0 Å². The van der Waals surface area contributed by atoms with E-state index in [1.165, 1.54) is 0 Å². The monoisotopic (exact) mass is 1220 g/mol. The molecule has 0 aromatic carbocycles. The second-order valence-corrected chi connectivity index (χ2v) is 29.8. The van der Waals surface area contributed by atoms with E-state index in [1.54, 1.807) is 0 Å². The van der Waals surface area contributed by atoms with E-state index in [0.717, 1.165) is 0 Å². The Labute approximate surface area is 481 Å². The molecule has 65 heavy (non-hydrogen) atoms. The molecule has 0 saturated heterocycles. The van der Waals surface area contributed by atoms with Gasteiger partial charge in [0, 0.05) is 0 Å². The van der Waals surface area contributed by atoms with E-state index in [-0.39, 0.29) is 148 Å². The average Bonchev–Trinajstić information content (AvgIpc) is 2.95. The van der Waals surface area contributed by atoms with Crippen LogP contribution in [0.4, 0.5) is 0 Å². The molecule has 0 saturated carbocycles. The van der Waals surface area contributed by atoms with Gasteiger partial charge in [0.05, 0.1) is 30.8 Å². The molecule has 0 amide bonds. The van der Waals surface area contributed by atoms with Crippen LogP contribution >= 0.6 is 76.0 Å². The normalized spacial score (nSPS) is 14.8. The van der Waals surface area contributed by atoms with Crippen molar-refractivity contribution in [2.24, 2.45) is 28.7 Å². The Balaban J connectivity index is -0.0000000713. The third-order valence-corrected chi connectivity index (χ3v) is 15.6. The van der Waals surface area contributed by atoms with Crippen molar-refractivity contribution in [3.63, 3.8) is 0 Å². The molecule has 50 heteroatoms. The fourth-order valence-electron chi connectivity index (χ4n) is 2.34. The van der Waals surface area contributed by atoms with Gasteiger partial charge in [0.15, 0.2) is 0 Å². The minimum atomic E-state index is -4.41. The van der Waals surface area contributed by atoms with Crippen LogP contribution in [0.15, 0.2) is 0 Å². The van der Waals surface area contributed by atoms with Crippen LogP contribution in [0.5, 0.6) is 0 Å². The van der Waals surface area contributed by atoms with Gasteiger partial charge in [0.1, 0.15) is 28.9 Å². The topological polar surface area (TPSA) is 705 Å². The van der Waals surface area contributed by atoms with Crippen LogP contribution in [0.1, 0.15) is 32.1 Å². The van der Waals surface area contributed by atoms with E-state index < -0.39 is 168 Å². The van der Waals surface area contributed by atoms with Gasteiger partial charge in [-0.2, -0.15) is 0 Å². The van der Waals surface area contributed by atoms with E-state index in [2.05, 4.69) is 0 Å².